The third-order valence-electron chi connectivity index (χ3n) is 3.69. The first kappa shape index (κ1) is 15.0. The third kappa shape index (κ3) is 3.45. The zero-order valence-corrected chi connectivity index (χ0v) is 13.1. The van der Waals surface area contributed by atoms with Crippen LogP contribution >= 0.6 is 11.6 Å². The van der Waals surface area contributed by atoms with Gasteiger partial charge in [-0.3, -0.25) is 9.69 Å². The van der Waals surface area contributed by atoms with Gasteiger partial charge in [0.05, 0.1) is 6.54 Å². The van der Waals surface area contributed by atoms with E-state index >= 15 is 0 Å². The molecule has 1 fully saturated rings. The lowest BCUT2D eigenvalue weighted by atomic mass is 10.2. The SMILES string of the molecule is Cc1nc(CN2CCN(C(=O)c3ccc(Cl)cc3)CC2)no1. The van der Waals surface area contributed by atoms with Gasteiger partial charge in [0.2, 0.25) is 5.89 Å². The Hall–Kier alpha value is -1.92. The zero-order chi connectivity index (χ0) is 15.5. The van der Waals surface area contributed by atoms with Gasteiger partial charge in [0.1, 0.15) is 0 Å². The number of hydrogen-bond acceptors (Lipinski definition) is 5. The summed E-state index contributed by atoms with van der Waals surface area (Å²) in [6.07, 6.45) is 0. The fourth-order valence-electron chi connectivity index (χ4n) is 2.49. The Balaban J connectivity index is 1.55. The molecular formula is C15H17ClN4O2. The van der Waals surface area contributed by atoms with Crippen LogP contribution in [-0.2, 0) is 6.54 Å². The van der Waals surface area contributed by atoms with Crippen LogP contribution in [0, 0.1) is 6.92 Å². The summed E-state index contributed by atoms with van der Waals surface area (Å²) in [6.45, 7) is 5.41. The van der Waals surface area contributed by atoms with Gasteiger partial charge in [-0.2, -0.15) is 4.98 Å². The van der Waals surface area contributed by atoms with Crippen molar-refractivity contribution in [2.45, 2.75) is 13.5 Å². The second-order valence-electron chi connectivity index (χ2n) is 5.30. The number of hydrogen-bond donors (Lipinski definition) is 0. The first-order valence-corrected chi connectivity index (χ1v) is 7.56. The van der Waals surface area contributed by atoms with E-state index in [-0.39, 0.29) is 5.91 Å². The Bertz CT molecular complexity index is 648. The smallest absolute Gasteiger partial charge is 0.253 e. The van der Waals surface area contributed by atoms with E-state index in [1.54, 1.807) is 31.2 Å². The summed E-state index contributed by atoms with van der Waals surface area (Å²) in [7, 11) is 0. The Morgan fingerprint density at radius 1 is 1.23 bits per heavy atom. The second-order valence-corrected chi connectivity index (χ2v) is 5.74. The number of aromatic nitrogens is 2. The molecular weight excluding hydrogens is 304 g/mol. The van der Waals surface area contributed by atoms with Crippen LogP contribution in [0.5, 0.6) is 0 Å². The number of carbonyl (C=O) groups is 1. The third-order valence-corrected chi connectivity index (χ3v) is 3.94. The zero-order valence-electron chi connectivity index (χ0n) is 12.3. The Labute approximate surface area is 133 Å². The van der Waals surface area contributed by atoms with E-state index in [1.807, 2.05) is 4.90 Å². The van der Waals surface area contributed by atoms with Gasteiger partial charge in [-0.15, -0.1) is 0 Å². The van der Waals surface area contributed by atoms with Crippen molar-refractivity contribution >= 4 is 17.5 Å². The summed E-state index contributed by atoms with van der Waals surface area (Å²) in [5.41, 5.74) is 0.673. The topological polar surface area (TPSA) is 62.5 Å². The highest BCUT2D eigenvalue weighted by atomic mass is 35.5. The van der Waals surface area contributed by atoms with Gasteiger partial charge in [0.25, 0.3) is 5.91 Å². The molecule has 6 nitrogen and oxygen atoms in total. The van der Waals surface area contributed by atoms with Crippen LogP contribution in [0.3, 0.4) is 0 Å². The molecule has 0 saturated carbocycles. The van der Waals surface area contributed by atoms with E-state index < -0.39 is 0 Å². The van der Waals surface area contributed by atoms with Crippen LogP contribution in [-0.4, -0.2) is 52.0 Å². The van der Waals surface area contributed by atoms with Gasteiger partial charge < -0.3 is 9.42 Å². The minimum absolute atomic E-state index is 0.0479. The van der Waals surface area contributed by atoms with Crippen LogP contribution in [0.1, 0.15) is 22.1 Å². The fraction of sp³-hybridized carbons (Fsp3) is 0.400. The minimum Gasteiger partial charge on any atom is -0.340 e. The first-order valence-electron chi connectivity index (χ1n) is 7.18. The number of rotatable bonds is 3. The number of halogens is 1. The molecule has 1 amide bonds. The molecule has 1 aromatic carbocycles. The summed E-state index contributed by atoms with van der Waals surface area (Å²) in [5, 5.41) is 4.53. The Morgan fingerprint density at radius 3 is 2.50 bits per heavy atom. The highest BCUT2D eigenvalue weighted by molar-refractivity contribution is 6.30. The molecule has 2 aromatic rings. The maximum absolute atomic E-state index is 12.4. The van der Waals surface area contributed by atoms with Crippen molar-refractivity contribution in [1.29, 1.82) is 0 Å². The lowest BCUT2D eigenvalue weighted by Crippen LogP contribution is -2.48. The predicted molar refractivity (Wildman–Crippen MR) is 81.7 cm³/mol. The van der Waals surface area contributed by atoms with Crippen molar-refractivity contribution in [2.24, 2.45) is 0 Å². The van der Waals surface area contributed by atoms with Crippen LogP contribution in [0.15, 0.2) is 28.8 Å². The molecule has 0 radical (unpaired) electrons. The van der Waals surface area contributed by atoms with Gasteiger partial charge in [-0.05, 0) is 24.3 Å². The van der Waals surface area contributed by atoms with E-state index in [9.17, 15) is 4.79 Å². The molecule has 0 unspecified atom stereocenters. The average molecular weight is 321 g/mol. The highest BCUT2D eigenvalue weighted by Gasteiger charge is 2.23. The van der Waals surface area contributed by atoms with Gasteiger partial charge in [-0.25, -0.2) is 0 Å². The number of amides is 1. The minimum atomic E-state index is 0.0479. The molecule has 0 aliphatic carbocycles. The molecule has 116 valence electrons. The summed E-state index contributed by atoms with van der Waals surface area (Å²) in [5.74, 6) is 1.31. The van der Waals surface area contributed by atoms with Gasteiger partial charge in [0.15, 0.2) is 5.82 Å². The molecule has 2 heterocycles. The number of benzene rings is 1. The van der Waals surface area contributed by atoms with Crippen LogP contribution in [0.4, 0.5) is 0 Å². The quantitative estimate of drug-likeness (QED) is 0.865. The normalized spacial score (nSPS) is 16.0. The average Bonchev–Trinajstić information content (AvgIpc) is 2.93. The van der Waals surface area contributed by atoms with Crippen LogP contribution in [0.2, 0.25) is 5.02 Å². The molecule has 3 rings (SSSR count). The summed E-state index contributed by atoms with van der Waals surface area (Å²) in [4.78, 5) is 20.7. The summed E-state index contributed by atoms with van der Waals surface area (Å²) in [6, 6.07) is 7.01. The molecule has 1 aliphatic rings. The molecule has 0 N–H and O–H groups in total. The summed E-state index contributed by atoms with van der Waals surface area (Å²) < 4.78 is 4.97. The molecule has 1 aliphatic heterocycles. The summed E-state index contributed by atoms with van der Waals surface area (Å²) >= 11 is 5.85. The number of aryl methyl sites for hydroxylation is 1. The Morgan fingerprint density at radius 2 is 1.91 bits per heavy atom. The van der Waals surface area contributed by atoms with Crippen molar-refractivity contribution in [1.82, 2.24) is 19.9 Å². The Kier molecular flexibility index (Phi) is 4.40. The molecule has 0 spiro atoms. The molecule has 7 heteroatoms. The van der Waals surface area contributed by atoms with Crippen molar-refractivity contribution < 1.29 is 9.32 Å². The van der Waals surface area contributed by atoms with E-state index in [1.165, 1.54) is 0 Å². The molecule has 0 bridgehead atoms. The van der Waals surface area contributed by atoms with Crippen molar-refractivity contribution in [3.63, 3.8) is 0 Å². The fourth-order valence-corrected chi connectivity index (χ4v) is 2.62. The molecule has 1 aromatic heterocycles. The molecule has 1 saturated heterocycles. The van der Waals surface area contributed by atoms with Gasteiger partial charge in [0, 0.05) is 43.7 Å². The second kappa shape index (κ2) is 6.46. The number of nitrogens with zero attached hydrogens (tertiary/aromatic N) is 4. The lowest BCUT2D eigenvalue weighted by molar-refractivity contribution is 0.0624. The van der Waals surface area contributed by atoms with E-state index in [0.717, 1.165) is 13.1 Å². The first-order chi connectivity index (χ1) is 10.6. The lowest BCUT2D eigenvalue weighted by Gasteiger charge is -2.34. The standard InChI is InChI=1S/C15H17ClN4O2/c1-11-17-14(18-22-11)10-19-6-8-20(9-7-19)15(21)12-2-4-13(16)5-3-12/h2-5H,6-10H2,1H3. The number of piperazine rings is 1. The maximum Gasteiger partial charge on any atom is 0.253 e. The largest absolute Gasteiger partial charge is 0.340 e. The van der Waals surface area contributed by atoms with Crippen molar-refractivity contribution in [3.05, 3.63) is 46.6 Å². The van der Waals surface area contributed by atoms with Crippen molar-refractivity contribution in [2.75, 3.05) is 26.2 Å². The predicted octanol–water partition coefficient (Wildman–Crippen LogP) is 1.99. The van der Waals surface area contributed by atoms with E-state index in [0.29, 0.717) is 41.9 Å². The van der Waals surface area contributed by atoms with Gasteiger partial charge in [-0.1, -0.05) is 16.8 Å². The van der Waals surface area contributed by atoms with Crippen LogP contribution in [0.25, 0.3) is 0 Å². The molecule has 0 atom stereocenters. The highest BCUT2D eigenvalue weighted by Crippen LogP contribution is 2.13. The monoisotopic (exact) mass is 320 g/mol. The van der Waals surface area contributed by atoms with Crippen molar-refractivity contribution in [3.8, 4) is 0 Å². The van der Waals surface area contributed by atoms with Crippen LogP contribution < -0.4 is 0 Å². The van der Waals surface area contributed by atoms with E-state index in [4.69, 9.17) is 16.1 Å². The molecule has 22 heavy (non-hydrogen) atoms. The van der Waals surface area contributed by atoms with Gasteiger partial charge >= 0.3 is 0 Å². The maximum atomic E-state index is 12.4. The van der Waals surface area contributed by atoms with E-state index in [2.05, 4.69) is 15.0 Å². The number of carbonyl (C=O) groups excluding carboxylic acids is 1.